The Hall–Kier alpha value is -1.09. The van der Waals surface area contributed by atoms with Gasteiger partial charge in [-0.2, -0.15) is 5.26 Å². The standard InChI is InChI=1S/C48H82O16/c1-25(42(50)62-52)33-23-35(49)46(10,60-38-18-16-31(53-12)30(6)56-38)41(58-33)29(5)45(9)24-34(54-13)27(3)48(64-45)22-21-44(8,63-48)37-19-20-43(7,59-37)36-17-15-32(57-36)40-26(2)39(55-14)28(4)47(11,51)61-40/h25-41,49,51-52H,15-24H2,1-14H3. The van der Waals surface area contributed by atoms with Gasteiger partial charge in [0.25, 0.3) is 0 Å². The Morgan fingerprint density at radius 2 is 1.45 bits per heavy atom. The molecule has 16 heteroatoms. The smallest absolute Gasteiger partial charge is 0.347 e. The van der Waals surface area contributed by atoms with Crippen LogP contribution in [0.25, 0.3) is 0 Å². The highest BCUT2D eigenvalue weighted by molar-refractivity contribution is 5.72. The van der Waals surface area contributed by atoms with Crippen LogP contribution in [0.2, 0.25) is 0 Å². The maximum Gasteiger partial charge on any atom is 0.347 e. The topological polar surface area (TPSA) is 189 Å². The molecular weight excluding hydrogens is 833 g/mol. The first-order chi connectivity index (χ1) is 29.9. The van der Waals surface area contributed by atoms with Crippen molar-refractivity contribution in [2.45, 2.75) is 248 Å². The summed E-state index contributed by atoms with van der Waals surface area (Å²) in [6.45, 7) is 21.7. The minimum absolute atomic E-state index is 0.0304. The summed E-state index contributed by atoms with van der Waals surface area (Å²) in [4.78, 5) is 16.8. The van der Waals surface area contributed by atoms with Crippen LogP contribution in [0.15, 0.2) is 0 Å². The summed E-state index contributed by atoms with van der Waals surface area (Å²) in [6.07, 6.45) is 1.30. The van der Waals surface area contributed by atoms with Crippen molar-refractivity contribution in [1.82, 2.24) is 0 Å². The number of aliphatic hydroxyl groups is 2. The molecular formula is C48H82O16. The van der Waals surface area contributed by atoms with Crippen molar-refractivity contribution in [3.63, 3.8) is 0 Å². The lowest BCUT2D eigenvalue weighted by molar-refractivity contribution is -0.384. The number of rotatable bonds is 12. The molecule has 0 aromatic carbocycles. The molecule has 7 fully saturated rings. The average Bonchev–Trinajstić information content (AvgIpc) is 4.00. The molecule has 0 aliphatic carbocycles. The number of ether oxygens (including phenoxy) is 11. The number of hydrogen-bond donors (Lipinski definition) is 3. The Bertz CT molecular complexity index is 1620. The van der Waals surface area contributed by atoms with E-state index in [4.69, 9.17) is 52.1 Å². The van der Waals surface area contributed by atoms with Gasteiger partial charge in [0.1, 0.15) is 5.60 Å². The molecule has 23 unspecified atom stereocenters. The zero-order chi connectivity index (χ0) is 46.9. The molecule has 3 N–H and O–H groups in total. The van der Waals surface area contributed by atoms with Crippen molar-refractivity contribution in [3.05, 3.63) is 0 Å². The number of hydrogen-bond acceptors (Lipinski definition) is 16. The van der Waals surface area contributed by atoms with Crippen LogP contribution in [0, 0.1) is 29.6 Å². The molecule has 23 atom stereocenters. The summed E-state index contributed by atoms with van der Waals surface area (Å²) >= 11 is 0. The highest BCUT2D eigenvalue weighted by Crippen LogP contribution is 2.58. The van der Waals surface area contributed by atoms with E-state index < -0.39 is 76.4 Å². The van der Waals surface area contributed by atoms with Gasteiger partial charge >= 0.3 is 5.97 Å². The van der Waals surface area contributed by atoms with Gasteiger partial charge in [-0.05, 0) is 87.0 Å². The third-order valence-corrected chi connectivity index (χ3v) is 17.8. The first-order valence-electron chi connectivity index (χ1n) is 24.2. The van der Waals surface area contributed by atoms with Gasteiger partial charge in [0.05, 0.1) is 89.9 Å². The maximum atomic E-state index is 12.7. The van der Waals surface area contributed by atoms with E-state index in [0.717, 1.165) is 32.1 Å². The molecule has 1 spiro atoms. The average molecular weight is 915 g/mol. The summed E-state index contributed by atoms with van der Waals surface area (Å²) in [5.74, 6) is -4.89. The maximum absolute atomic E-state index is 12.7. The van der Waals surface area contributed by atoms with Gasteiger partial charge in [0, 0.05) is 70.7 Å². The molecule has 0 aromatic rings. The lowest BCUT2D eigenvalue weighted by atomic mass is 9.69. The quantitative estimate of drug-likeness (QED) is 0.151. The summed E-state index contributed by atoms with van der Waals surface area (Å²) in [5, 5.41) is 32.6. The molecule has 0 bridgehead atoms. The first kappa shape index (κ1) is 50.8. The van der Waals surface area contributed by atoms with Crippen LogP contribution in [0.3, 0.4) is 0 Å². The van der Waals surface area contributed by atoms with Crippen LogP contribution in [0.5, 0.6) is 0 Å². The first-order valence-corrected chi connectivity index (χ1v) is 24.2. The van der Waals surface area contributed by atoms with Crippen LogP contribution >= 0.6 is 0 Å². The summed E-state index contributed by atoms with van der Waals surface area (Å²) in [6, 6.07) is 0. The van der Waals surface area contributed by atoms with Crippen LogP contribution in [0.4, 0.5) is 0 Å². The Morgan fingerprint density at radius 1 is 0.750 bits per heavy atom. The second-order valence-corrected chi connectivity index (χ2v) is 21.9. The number of aliphatic hydroxyl groups excluding tert-OH is 1. The molecule has 0 aromatic heterocycles. The van der Waals surface area contributed by atoms with E-state index in [1.807, 2.05) is 34.6 Å². The Balaban J connectivity index is 1.09. The van der Waals surface area contributed by atoms with E-state index in [0.29, 0.717) is 25.7 Å². The second-order valence-electron chi connectivity index (χ2n) is 21.9. The molecule has 7 heterocycles. The SMILES string of the molecule is COC1CCC(OC2(C)C(O)CC(C(C)C(=O)OO)OC2C(C)C2(C)CC(OC)C(C)C3(CCC(C)(C4CCC(C)(C5CCC(C6OC(C)(O)C(C)C(OC)C6C)O5)O4)O3)O2)OC1C. The van der Waals surface area contributed by atoms with Crippen LogP contribution in [-0.4, -0.2) is 150 Å². The fraction of sp³-hybridized carbons (Fsp3) is 0.979. The zero-order valence-electron chi connectivity index (χ0n) is 41.0. The number of carbonyl (C=O) groups is 1. The van der Waals surface area contributed by atoms with Gasteiger partial charge in [0.15, 0.2) is 17.9 Å². The number of methoxy groups -OCH3 is 3. The lowest BCUT2D eigenvalue weighted by Gasteiger charge is -2.58. The minimum atomic E-state index is -1.33. The molecule has 7 rings (SSSR count). The predicted octanol–water partition coefficient (Wildman–Crippen LogP) is 6.08. The molecule has 0 amide bonds. The largest absolute Gasteiger partial charge is 0.390 e. The van der Waals surface area contributed by atoms with E-state index in [1.54, 1.807) is 35.2 Å². The molecule has 16 nitrogen and oxygen atoms in total. The van der Waals surface area contributed by atoms with E-state index in [9.17, 15) is 20.3 Å². The monoisotopic (exact) mass is 915 g/mol. The summed E-state index contributed by atoms with van der Waals surface area (Å²) in [7, 11) is 5.08. The second kappa shape index (κ2) is 18.7. The molecule has 0 radical (unpaired) electrons. The Kier molecular flexibility index (Phi) is 14.8. The molecule has 7 aliphatic rings. The highest BCUT2D eigenvalue weighted by Gasteiger charge is 2.66. The molecule has 7 saturated heterocycles. The van der Waals surface area contributed by atoms with Crippen molar-refractivity contribution in [2.75, 3.05) is 21.3 Å². The van der Waals surface area contributed by atoms with Crippen LogP contribution in [-0.2, 0) is 61.8 Å². The van der Waals surface area contributed by atoms with Gasteiger partial charge in [-0.1, -0.05) is 27.7 Å². The minimum Gasteiger partial charge on any atom is -0.390 e. The summed E-state index contributed by atoms with van der Waals surface area (Å²) in [5.41, 5.74) is -3.50. The lowest BCUT2D eigenvalue weighted by Crippen LogP contribution is -2.69. The van der Waals surface area contributed by atoms with Crippen LogP contribution < -0.4 is 0 Å². The molecule has 0 saturated carbocycles. The Morgan fingerprint density at radius 3 is 2.09 bits per heavy atom. The number of carbonyl (C=O) groups excluding carboxylic acids is 1. The van der Waals surface area contributed by atoms with E-state index in [2.05, 4.69) is 32.6 Å². The molecule has 7 aliphatic heterocycles. The van der Waals surface area contributed by atoms with Crippen molar-refractivity contribution in [2.24, 2.45) is 29.6 Å². The van der Waals surface area contributed by atoms with Crippen molar-refractivity contribution >= 4 is 5.97 Å². The zero-order valence-corrected chi connectivity index (χ0v) is 41.0. The van der Waals surface area contributed by atoms with Gasteiger partial charge in [-0.3, -0.25) is 0 Å². The highest BCUT2D eigenvalue weighted by atomic mass is 17.1. The van der Waals surface area contributed by atoms with E-state index in [1.165, 1.54) is 0 Å². The van der Waals surface area contributed by atoms with Crippen LogP contribution in [0.1, 0.15) is 140 Å². The van der Waals surface area contributed by atoms with Gasteiger partial charge in [-0.25, -0.2) is 4.79 Å². The fourth-order valence-corrected chi connectivity index (χ4v) is 12.9. The predicted molar refractivity (Wildman–Crippen MR) is 231 cm³/mol. The normalized spacial score (nSPS) is 53.4. The van der Waals surface area contributed by atoms with Gasteiger partial charge in [-0.15, -0.1) is 0 Å². The van der Waals surface area contributed by atoms with Gasteiger partial charge in [0.2, 0.25) is 0 Å². The fourth-order valence-electron chi connectivity index (χ4n) is 12.9. The van der Waals surface area contributed by atoms with Crippen molar-refractivity contribution < 1.29 is 77.3 Å². The van der Waals surface area contributed by atoms with E-state index >= 15 is 0 Å². The van der Waals surface area contributed by atoms with Crippen molar-refractivity contribution in [1.29, 1.82) is 0 Å². The van der Waals surface area contributed by atoms with Crippen molar-refractivity contribution in [3.8, 4) is 0 Å². The molecule has 64 heavy (non-hydrogen) atoms. The van der Waals surface area contributed by atoms with E-state index in [-0.39, 0.29) is 73.0 Å². The third-order valence-electron chi connectivity index (χ3n) is 17.8. The van der Waals surface area contributed by atoms with Gasteiger partial charge < -0.3 is 67.2 Å². The molecule has 370 valence electrons. The Labute approximate surface area is 381 Å². The third kappa shape index (κ3) is 8.99. The summed E-state index contributed by atoms with van der Waals surface area (Å²) < 4.78 is 72.8.